The van der Waals surface area contributed by atoms with Crippen LogP contribution in [-0.2, 0) is 28.1 Å². The Hall–Kier alpha value is -3.02. The zero-order valence-corrected chi connectivity index (χ0v) is 23.3. The van der Waals surface area contributed by atoms with Gasteiger partial charge < -0.3 is 4.74 Å². The number of likely N-dealkylation sites (tertiary alicyclic amines) is 1. The minimum Gasteiger partial charge on any atom is -0.463 e. The number of hydrogen-bond donors (Lipinski definition) is 0. The van der Waals surface area contributed by atoms with Gasteiger partial charge in [-0.25, -0.2) is 4.79 Å². The highest BCUT2D eigenvalue weighted by Gasteiger charge is 2.42. The van der Waals surface area contributed by atoms with Gasteiger partial charge in [-0.05, 0) is 80.0 Å². The van der Waals surface area contributed by atoms with Crippen molar-refractivity contribution in [3.63, 3.8) is 0 Å². The van der Waals surface area contributed by atoms with Crippen LogP contribution in [0.25, 0.3) is 0 Å². The predicted octanol–water partition coefficient (Wildman–Crippen LogP) is 9.55. The molecule has 3 rings (SSSR count). The highest BCUT2D eigenvalue weighted by atomic mass is 19.4. The zero-order chi connectivity index (χ0) is 31.5. The summed E-state index contributed by atoms with van der Waals surface area (Å²) < 4.78 is 128. The number of carbonyl (C=O) groups is 1. The van der Waals surface area contributed by atoms with E-state index in [0.717, 1.165) is 12.1 Å². The largest absolute Gasteiger partial charge is 0.463 e. The molecule has 0 saturated carbocycles. The number of carbonyl (C=O) groups excluding carboxylic acids is 1. The predicted molar refractivity (Wildman–Crippen MR) is 138 cm³/mol. The van der Waals surface area contributed by atoms with E-state index in [1.165, 1.54) is 18.2 Å². The van der Waals surface area contributed by atoms with Crippen molar-refractivity contribution in [3.05, 3.63) is 81.9 Å². The number of ether oxygens (including phenoxy) is 1. The van der Waals surface area contributed by atoms with Crippen molar-refractivity contribution in [1.82, 2.24) is 4.90 Å². The van der Waals surface area contributed by atoms with Crippen LogP contribution in [0.5, 0.6) is 0 Å². The van der Waals surface area contributed by atoms with Gasteiger partial charge in [0.05, 0.1) is 23.3 Å². The van der Waals surface area contributed by atoms with Crippen LogP contribution in [0.4, 0.5) is 39.5 Å². The summed E-state index contributed by atoms with van der Waals surface area (Å²) in [7, 11) is 0. The van der Waals surface area contributed by atoms with Gasteiger partial charge in [0, 0.05) is 24.7 Å². The lowest BCUT2D eigenvalue weighted by molar-refractivity contribution is -0.142. The molecule has 232 valence electrons. The molecule has 3 nitrogen and oxygen atoms in total. The molecule has 0 aromatic heterocycles. The van der Waals surface area contributed by atoms with E-state index in [-0.39, 0.29) is 38.3 Å². The molecule has 2 aromatic rings. The van der Waals surface area contributed by atoms with Gasteiger partial charge in [0.25, 0.3) is 0 Å². The normalized spacial score (nSPS) is 18.9. The summed E-state index contributed by atoms with van der Waals surface area (Å²) in [6.07, 6.45) is -12.5. The van der Waals surface area contributed by atoms with E-state index in [9.17, 15) is 44.3 Å². The number of nitrogens with zero attached hydrogens (tertiary/aromatic N) is 1. The molecule has 0 bridgehead atoms. The van der Waals surface area contributed by atoms with E-state index < -0.39 is 58.8 Å². The van der Waals surface area contributed by atoms with E-state index in [1.54, 1.807) is 11.8 Å². The zero-order valence-electron chi connectivity index (χ0n) is 23.3. The van der Waals surface area contributed by atoms with Crippen molar-refractivity contribution in [2.75, 3.05) is 13.2 Å². The summed E-state index contributed by atoms with van der Waals surface area (Å²) in [6.45, 7) is 5.42. The Morgan fingerprint density at radius 1 is 0.905 bits per heavy atom. The number of piperidine rings is 1. The molecule has 1 aliphatic heterocycles. The van der Waals surface area contributed by atoms with Crippen molar-refractivity contribution in [3.8, 4) is 0 Å². The number of hydrogen-bond acceptors (Lipinski definition) is 3. The Kier molecular flexibility index (Phi) is 10.4. The number of halogens is 9. The first-order chi connectivity index (χ1) is 19.4. The molecular weight excluding hydrogens is 577 g/mol. The first-order valence-electron chi connectivity index (χ1n) is 13.5. The number of alkyl halides is 9. The summed E-state index contributed by atoms with van der Waals surface area (Å²) in [5, 5.41) is 0. The lowest BCUT2D eigenvalue weighted by Crippen LogP contribution is -2.38. The van der Waals surface area contributed by atoms with E-state index in [4.69, 9.17) is 4.74 Å². The van der Waals surface area contributed by atoms with Gasteiger partial charge >= 0.3 is 24.5 Å². The molecule has 0 N–H and O–H groups in total. The van der Waals surface area contributed by atoms with Crippen LogP contribution >= 0.6 is 0 Å². The summed E-state index contributed by atoms with van der Waals surface area (Å²) in [6, 6.07) is 3.52. The van der Waals surface area contributed by atoms with Crippen molar-refractivity contribution < 1.29 is 49.0 Å². The first kappa shape index (κ1) is 33.5. The second kappa shape index (κ2) is 13.1. The average Bonchev–Trinajstić information content (AvgIpc) is 2.87. The molecule has 1 saturated heterocycles. The molecule has 0 aliphatic carbocycles. The van der Waals surface area contributed by atoms with Gasteiger partial charge in [-0.2, -0.15) is 39.5 Å². The quantitative estimate of drug-likeness (QED) is 0.170. The highest BCUT2D eigenvalue weighted by Crippen LogP contribution is 2.47. The monoisotopic (exact) mass is 609 g/mol. The molecule has 1 fully saturated rings. The van der Waals surface area contributed by atoms with Gasteiger partial charge in [0.2, 0.25) is 0 Å². The van der Waals surface area contributed by atoms with Crippen molar-refractivity contribution in [1.29, 1.82) is 0 Å². The topological polar surface area (TPSA) is 29.5 Å². The molecule has 1 heterocycles. The van der Waals surface area contributed by atoms with E-state index in [2.05, 4.69) is 0 Å². The third-order valence-electron chi connectivity index (χ3n) is 7.24. The molecule has 2 atom stereocenters. The summed E-state index contributed by atoms with van der Waals surface area (Å²) >= 11 is 0. The minimum atomic E-state index is -4.95. The average molecular weight is 610 g/mol. The lowest BCUT2D eigenvalue weighted by Gasteiger charge is -2.43. The Morgan fingerprint density at radius 3 is 2.02 bits per heavy atom. The SMILES string of the molecule is CCOC(=O)C=C1CCN(C(CCC(C)C)c2cc(C(F)(F)F)ccc2C(F)(F)F)C(c2ccc(C(F)(F)F)cc2)C1. The number of rotatable bonds is 8. The van der Waals surface area contributed by atoms with Gasteiger partial charge in [-0.15, -0.1) is 0 Å². The van der Waals surface area contributed by atoms with E-state index in [1.807, 2.05) is 13.8 Å². The molecule has 0 amide bonds. The van der Waals surface area contributed by atoms with Crippen molar-refractivity contribution >= 4 is 5.97 Å². The van der Waals surface area contributed by atoms with Crippen LogP contribution in [-0.4, -0.2) is 24.0 Å². The molecule has 42 heavy (non-hydrogen) atoms. The Morgan fingerprint density at radius 2 is 1.50 bits per heavy atom. The maximum absolute atomic E-state index is 14.2. The standard InChI is InChI=1S/C30H32F9NO2/c1-4-42-27(41)16-19-13-14-40(26(15-19)20-6-8-21(9-7-20)28(31,32)33)25(12-5-18(2)3)23-17-22(29(34,35)36)10-11-24(23)30(37,38)39/h6-11,16-18,25-26H,4-5,12-15H2,1-3H3. The van der Waals surface area contributed by atoms with Gasteiger partial charge in [-0.3, -0.25) is 4.90 Å². The van der Waals surface area contributed by atoms with E-state index >= 15 is 0 Å². The van der Waals surface area contributed by atoms with Crippen molar-refractivity contribution in [2.24, 2.45) is 5.92 Å². The van der Waals surface area contributed by atoms with Gasteiger partial charge in [0.15, 0.2) is 0 Å². The summed E-state index contributed by atoms with van der Waals surface area (Å²) in [5.41, 5.74) is -3.02. The van der Waals surface area contributed by atoms with Crippen LogP contribution in [0.15, 0.2) is 54.1 Å². The number of esters is 1. The third-order valence-corrected chi connectivity index (χ3v) is 7.24. The van der Waals surface area contributed by atoms with Gasteiger partial charge in [-0.1, -0.05) is 31.6 Å². The second-order valence-electron chi connectivity index (χ2n) is 10.7. The molecule has 0 radical (unpaired) electrons. The first-order valence-corrected chi connectivity index (χ1v) is 13.5. The maximum atomic E-state index is 14.2. The molecule has 0 spiro atoms. The van der Waals surface area contributed by atoms with Crippen LogP contribution in [0.2, 0.25) is 0 Å². The maximum Gasteiger partial charge on any atom is 0.416 e. The Bertz CT molecular complexity index is 1250. The Balaban J connectivity index is 2.20. The lowest BCUT2D eigenvalue weighted by atomic mass is 9.84. The fraction of sp³-hybridized carbons (Fsp3) is 0.500. The molecule has 2 unspecified atom stereocenters. The van der Waals surface area contributed by atoms with Crippen LogP contribution in [0, 0.1) is 5.92 Å². The smallest absolute Gasteiger partial charge is 0.416 e. The fourth-order valence-electron chi connectivity index (χ4n) is 5.22. The molecular formula is C30H32F9NO2. The fourth-order valence-corrected chi connectivity index (χ4v) is 5.22. The third kappa shape index (κ3) is 8.52. The van der Waals surface area contributed by atoms with Gasteiger partial charge in [0.1, 0.15) is 0 Å². The summed E-state index contributed by atoms with van der Waals surface area (Å²) in [4.78, 5) is 13.8. The Labute approximate surface area is 238 Å². The van der Waals surface area contributed by atoms with Crippen LogP contribution in [0.3, 0.4) is 0 Å². The minimum absolute atomic E-state index is 0.00113. The van der Waals surface area contributed by atoms with Crippen molar-refractivity contribution in [2.45, 2.75) is 77.1 Å². The molecule has 12 heteroatoms. The van der Waals surface area contributed by atoms with Crippen LogP contribution < -0.4 is 0 Å². The molecule has 1 aliphatic rings. The highest BCUT2D eigenvalue weighted by molar-refractivity contribution is 5.82. The molecule has 2 aromatic carbocycles. The van der Waals surface area contributed by atoms with Crippen LogP contribution in [0.1, 0.15) is 86.4 Å². The number of benzene rings is 2. The second-order valence-corrected chi connectivity index (χ2v) is 10.7. The van der Waals surface area contributed by atoms with E-state index in [0.29, 0.717) is 35.8 Å². The summed E-state index contributed by atoms with van der Waals surface area (Å²) in [5.74, 6) is -0.637.